The molecule has 0 bridgehead atoms. The molecule has 0 saturated heterocycles. The molecular formula is C11H11IO2. The van der Waals surface area contributed by atoms with Crippen LogP contribution in [0.15, 0.2) is 30.3 Å². The summed E-state index contributed by atoms with van der Waals surface area (Å²) >= 11 is 2.26. The number of halogens is 1. The molecule has 0 amide bonds. The lowest BCUT2D eigenvalue weighted by molar-refractivity contribution is -0.139. The molecule has 0 radical (unpaired) electrons. The van der Waals surface area contributed by atoms with Gasteiger partial charge in [-0.25, -0.2) is 0 Å². The van der Waals surface area contributed by atoms with Gasteiger partial charge in [0.25, 0.3) is 0 Å². The van der Waals surface area contributed by atoms with Crippen LogP contribution >= 0.6 is 22.6 Å². The number of hydrogen-bond donors (Lipinski definition) is 0. The molecule has 1 rings (SSSR count). The summed E-state index contributed by atoms with van der Waals surface area (Å²) in [5.74, 6) is -0.253. The Balaban J connectivity index is 2.44. The van der Waals surface area contributed by atoms with Crippen molar-refractivity contribution in [1.29, 1.82) is 0 Å². The van der Waals surface area contributed by atoms with Crippen LogP contribution in [0.25, 0.3) is 6.08 Å². The zero-order chi connectivity index (χ0) is 10.4. The molecule has 0 spiro atoms. The molecule has 3 heteroatoms. The first-order valence-electron chi connectivity index (χ1n) is 4.24. The summed E-state index contributed by atoms with van der Waals surface area (Å²) in [7, 11) is 0. The predicted octanol–water partition coefficient (Wildman–Crippen LogP) is 2.87. The Morgan fingerprint density at radius 2 is 2.07 bits per heavy atom. The highest BCUT2D eigenvalue weighted by atomic mass is 127. The minimum absolute atomic E-state index is 0.253. The van der Waals surface area contributed by atoms with Gasteiger partial charge in [-0.2, -0.15) is 0 Å². The fourth-order valence-electron chi connectivity index (χ4n) is 0.924. The Hall–Kier alpha value is -0.840. The number of carbonyl (C=O) groups is 1. The lowest BCUT2D eigenvalue weighted by Gasteiger charge is -1.95. The molecule has 0 atom stereocenters. The lowest BCUT2D eigenvalue weighted by Crippen LogP contribution is -1.97. The summed E-state index contributed by atoms with van der Waals surface area (Å²) in [5, 5.41) is 0. The minimum Gasteiger partial charge on any atom is -0.462 e. The van der Waals surface area contributed by atoms with Gasteiger partial charge in [0, 0.05) is 10.5 Å². The lowest BCUT2D eigenvalue weighted by atomic mass is 10.2. The molecule has 0 fully saturated rings. The molecule has 1 aromatic carbocycles. The van der Waals surface area contributed by atoms with Crippen molar-refractivity contribution >= 4 is 34.6 Å². The van der Waals surface area contributed by atoms with Gasteiger partial charge in [0.15, 0.2) is 0 Å². The number of esters is 1. The van der Waals surface area contributed by atoms with E-state index in [0.717, 1.165) is 5.56 Å². The molecule has 0 aromatic heterocycles. The van der Waals surface area contributed by atoms with Crippen molar-refractivity contribution in [3.8, 4) is 0 Å². The second-order valence-corrected chi connectivity index (χ2v) is 4.00. The van der Waals surface area contributed by atoms with Gasteiger partial charge < -0.3 is 4.74 Å². The monoisotopic (exact) mass is 302 g/mol. The van der Waals surface area contributed by atoms with Crippen molar-refractivity contribution in [2.75, 3.05) is 6.61 Å². The standard InChI is InChI=1S/C11H11IO2/c1-9(13)14-8-2-3-10-4-6-11(12)7-5-10/h2-7H,8H2,1H3. The number of carbonyl (C=O) groups excluding carboxylic acids is 1. The van der Waals surface area contributed by atoms with E-state index in [-0.39, 0.29) is 5.97 Å². The molecule has 1 aromatic rings. The largest absolute Gasteiger partial charge is 0.462 e. The van der Waals surface area contributed by atoms with E-state index < -0.39 is 0 Å². The Kier molecular flexibility index (Phi) is 4.65. The van der Waals surface area contributed by atoms with Crippen LogP contribution in [0.3, 0.4) is 0 Å². The van der Waals surface area contributed by atoms with E-state index in [1.165, 1.54) is 10.5 Å². The number of benzene rings is 1. The van der Waals surface area contributed by atoms with Crippen molar-refractivity contribution in [2.45, 2.75) is 6.92 Å². The van der Waals surface area contributed by atoms with E-state index >= 15 is 0 Å². The molecule has 0 saturated carbocycles. The van der Waals surface area contributed by atoms with Crippen LogP contribution in [0.5, 0.6) is 0 Å². The molecule has 0 heterocycles. The number of ether oxygens (including phenoxy) is 1. The first-order valence-corrected chi connectivity index (χ1v) is 5.32. The van der Waals surface area contributed by atoms with Crippen LogP contribution < -0.4 is 0 Å². The average molecular weight is 302 g/mol. The Labute approximate surface area is 97.1 Å². The molecule has 2 nitrogen and oxygen atoms in total. The van der Waals surface area contributed by atoms with Gasteiger partial charge in [-0.05, 0) is 46.4 Å². The minimum atomic E-state index is -0.253. The fourth-order valence-corrected chi connectivity index (χ4v) is 1.28. The van der Waals surface area contributed by atoms with Gasteiger partial charge in [-0.3, -0.25) is 4.79 Å². The van der Waals surface area contributed by atoms with Crippen molar-refractivity contribution in [1.82, 2.24) is 0 Å². The van der Waals surface area contributed by atoms with Crippen LogP contribution in [-0.2, 0) is 9.53 Å². The van der Waals surface area contributed by atoms with E-state index in [9.17, 15) is 4.79 Å². The van der Waals surface area contributed by atoms with Gasteiger partial charge >= 0.3 is 5.97 Å². The van der Waals surface area contributed by atoms with Crippen LogP contribution in [0.4, 0.5) is 0 Å². The van der Waals surface area contributed by atoms with Crippen LogP contribution in [0.2, 0.25) is 0 Å². The zero-order valence-corrected chi connectivity index (χ0v) is 10.0. The molecule has 0 aliphatic rings. The van der Waals surface area contributed by atoms with Crippen molar-refractivity contribution < 1.29 is 9.53 Å². The van der Waals surface area contributed by atoms with Gasteiger partial charge in [-0.1, -0.05) is 18.2 Å². The molecule has 14 heavy (non-hydrogen) atoms. The first-order chi connectivity index (χ1) is 6.68. The summed E-state index contributed by atoms with van der Waals surface area (Å²) in [6, 6.07) is 8.11. The summed E-state index contributed by atoms with van der Waals surface area (Å²) in [6.45, 7) is 1.74. The smallest absolute Gasteiger partial charge is 0.302 e. The molecule has 0 unspecified atom stereocenters. The third-order valence-electron chi connectivity index (χ3n) is 1.56. The van der Waals surface area contributed by atoms with Crippen LogP contribution in [0.1, 0.15) is 12.5 Å². The van der Waals surface area contributed by atoms with Gasteiger partial charge in [0.05, 0.1) is 0 Å². The second-order valence-electron chi connectivity index (χ2n) is 2.76. The third kappa shape index (κ3) is 4.41. The van der Waals surface area contributed by atoms with Crippen LogP contribution in [-0.4, -0.2) is 12.6 Å². The Morgan fingerprint density at radius 1 is 1.43 bits per heavy atom. The highest BCUT2D eigenvalue weighted by Gasteiger charge is 1.89. The molecular weight excluding hydrogens is 291 g/mol. The highest BCUT2D eigenvalue weighted by Crippen LogP contribution is 2.07. The highest BCUT2D eigenvalue weighted by molar-refractivity contribution is 14.1. The first kappa shape index (κ1) is 11.2. The van der Waals surface area contributed by atoms with E-state index in [1.807, 2.05) is 36.4 Å². The summed E-state index contributed by atoms with van der Waals surface area (Å²) in [6.07, 6.45) is 3.75. The van der Waals surface area contributed by atoms with E-state index in [1.54, 1.807) is 0 Å². The average Bonchev–Trinajstić information content (AvgIpc) is 2.15. The molecule has 0 N–H and O–H groups in total. The van der Waals surface area contributed by atoms with Crippen molar-refractivity contribution in [3.05, 3.63) is 39.5 Å². The Morgan fingerprint density at radius 3 is 2.64 bits per heavy atom. The molecule has 0 aliphatic carbocycles. The second kappa shape index (κ2) is 5.80. The van der Waals surface area contributed by atoms with E-state index in [2.05, 4.69) is 22.6 Å². The topological polar surface area (TPSA) is 26.3 Å². The SMILES string of the molecule is CC(=O)OCC=Cc1ccc(I)cc1. The zero-order valence-electron chi connectivity index (χ0n) is 7.87. The summed E-state index contributed by atoms with van der Waals surface area (Å²) in [4.78, 5) is 10.4. The van der Waals surface area contributed by atoms with Gasteiger partial charge in [-0.15, -0.1) is 0 Å². The van der Waals surface area contributed by atoms with Crippen LogP contribution in [0, 0.1) is 3.57 Å². The summed E-state index contributed by atoms with van der Waals surface area (Å²) in [5.41, 5.74) is 1.11. The quantitative estimate of drug-likeness (QED) is 0.634. The van der Waals surface area contributed by atoms with E-state index in [4.69, 9.17) is 4.74 Å². The predicted molar refractivity (Wildman–Crippen MR) is 64.8 cm³/mol. The van der Waals surface area contributed by atoms with Crippen molar-refractivity contribution in [3.63, 3.8) is 0 Å². The van der Waals surface area contributed by atoms with Gasteiger partial charge in [0.2, 0.25) is 0 Å². The van der Waals surface area contributed by atoms with Crippen molar-refractivity contribution in [2.24, 2.45) is 0 Å². The van der Waals surface area contributed by atoms with E-state index in [0.29, 0.717) is 6.61 Å². The Bertz CT molecular complexity index is 328. The normalized spacial score (nSPS) is 10.4. The molecule has 74 valence electrons. The maximum absolute atomic E-state index is 10.4. The summed E-state index contributed by atoms with van der Waals surface area (Å²) < 4.78 is 5.97. The third-order valence-corrected chi connectivity index (χ3v) is 2.28. The number of rotatable bonds is 3. The maximum Gasteiger partial charge on any atom is 0.302 e. The molecule has 0 aliphatic heterocycles. The fraction of sp³-hybridized carbons (Fsp3) is 0.182. The van der Waals surface area contributed by atoms with Gasteiger partial charge in [0.1, 0.15) is 6.61 Å². The maximum atomic E-state index is 10.4. The number of hydrogen-bond acceptors (Lipinski definition) is 2.